The summed E-state index contributed by atoms with van der Waals surface area (Å²) < 4.78 is 14.5. The summed E-state index contributed by atoms with van der Waals surface area (Å²) in [6.45, 7) is 0. The number of benzene rings is 1. The van der Waals surface area contributed by atoms with E-state index in [1.54, 1.807) is 6.07 Å². The number of nitrogens with one attached hydrogen (secondary N) is 1. The van der Waals surface area contributed by atoms with Gasteiger partial charge >= 0.3 is 12.1 Å². The molecule has 0 spiro atoms. The van der Waals surface area contributed by atoms with Gasteiger partial charge in [-0.15, -0.1) is 5.10 Å². The van der Waals surface area contributed by atoms with Crippen LogP contribution in [0.15, 0.2) is 28.4 Å². The minimum atomic E-state index is -1.07. The number of hydrogen-bond acceptors (Lipinski definition) is 9. The molecule has 10 nitrogen and oxygen atoms in total. The highest BCUT2D eigenvalue weighted by molar-refractivity contribution is 8.15. The Labute approximate surface area is 152 Å². The average Bonchev–Trinajstić information content (AvgIpc) is 2.94. The molecule has 1 fully saturated rings. The Morgan fingerprint density at radius 1 is 1.38 bits per heavy atom. The first-order chi connectivity index (χ1) is 12.4. The second-order valence-corrected chi connectivity index (χ2v) is 5.99. The van der Waals surface area contributed by atoms with Gasteiger partial charge in [0.2, 0.25) is 5.91 Å². The van der Waals surface area contributed by atoms with E-state index in [1.807, 2.05) is 0 Å². The van der Waals surface area contributed by atoms with Gasteiger partial charge in [0, 0.05) is 5.56 Å². The fraction of sp³-hybridized carbons (Fsp3) is 0.267. The van der Waals surface area contributed by atoms with Gasteiger partial charge in [-0.1, -0.05) is 11.8 Å². The first-order valence-corrected chi connectivity index (χ1v) is 8.05. The Balaban J connectivity index is 2.11. The largest absolute Gasteiger partial charge is 0.513 e. The number of amidine groups is 1. The zero-order valence-electron chi connectivity index (χ0n) is 13.8. The number of carbonyl (C=O) groups is 3. The van der Waals surface area contributed by atoms with E-state index in [4.69, 9.17) is 14.6 Å². The molecule has 1 aliphatic rings. The van der Waals surface area contributed by atoms with Crippen LogP contribution in [0.5, 0.6) is 11.5 Å². The minimum absolute atomic E-state index is 0.193. The van der Waals surface area contributed by atoms with Gasteiger partial charge in [-0.05, 0) is 18.2 Å². The quantitative estimate of drug-likeness (QED) is 0.325. The molecule has 1 aromatic rings. The summed E-state index contributed by atoms with van der Waals surface area (Å²) in [7, 11) is 2.65. The van der Waals surface area contributed by atoms with Crippen molar-refractivity contribution in [1.29, 1.82) is 0 Å². The summed E-state index contributed by atoms with van der Waals surface area (Å²) in [6.07, 6.45) is 0.167. The second-order valence-electron chi connectivity index (χ2n) is 4.80. The number of aliphatic carboxylic acids is 1. The highest BCUT2D eigenvalue weighted by Crippen LogP contribution is 2.24. The number of carboxylic acid groups (broad SMARTS) is 1. The van der Waals surface area contributed by atoms with E-state index in [-0.39, 0.29) is 17.3 Å². The standard InChI is InChI=1S/C15H15N3O7S/c1-23-10-4-3-9(25-15(22)24-2)5-8(10)7-16-18-14-17-13(21)11(26-14)6-12(19)20/h3-5,7,11H,6H2,1-2H3,(H,19,20)(H,17,18,21). The molecule has 0 saturated carbocycles. The van der Waals surface area contributed by atoms with Crippen molar-refractivity contribution >= 4 is 41.2 Å². The molecule has 1 unspecified atom stereocenters. The molecule has 0 radical (unpaired) electrons. The molecule has 2 N–H and O–H groups in total. The zero-order valence-corrected chi connectivity index (χ0v) is 14.6. The predicted octanol–water partition coefficient (Wildman–Crippen LogP) is 1.24. The van der Waals surface area contributed by atoms with Crippen LogP contribution in [-0.4, -0.2) is 54.0 Å². The molecule has 138 valence electrons. The number of carbonyl (C=O) groups excluding carboxylic acids is 2. The molecule has 1 heterocycles. The SMILES string of the molecule is COC(=O)Oc1ccc(OC)c(C=NN=C2NC(=O)C(CC(=O)O)S2)c1. The van der Waals surface area contributed by atoms with Crippen LogP contribution in [0.1, 0.15) is 12.0 Å². The van der Waals surface area contributed by atoms with Gasteiger partial charge in [0.05, 0.1) is 26.9 Å². The van der Waals surface area contributed by atoms with E-state index < -0.39 is 23.3 Å². The van der Waals surface area contributed by atoms with E-state index in [2.05, 4.69) is 20.3 Å². The number of thioether (sulfide) groups is 1. The molecule has 1 aromatic carbocycles. The smallest absolute Gasteiger partial charge is 0.496 e. The third-order valence-electron chi connectivity index (χ3n) is 3.05. The first kappa shape index (κ1) is 19.2. The average molecular weight is 381 g/mol. The van der Waals surface area contributed by atoms with Crippen LogP contribution in [0.2, 0.25) is 0 Å². The van der Waals surface area contributed by atoms with Gasteiger partial charge in [-0.25, -0.2) is 4.79 Å². The van der Waals surface area contributed by atoms with Crippen molar-refractivity contribution in [3.05, 3.63) is 23.8 Å². The Morgan fingerprint density at radius 2 is 2.15 bits per heavy atom. The van der Waals surface area contributed by atoms with Crippen molar-refractivity contribution in [3.8, 4) is 11.5 Å². The maximum Gasteiger partial charge on any atom is 0.513 e. The number of ether oxygens (including phenoxy) is 3. The Morgan fingerprint density at radius 3 is 2.81 bits per heavy atom. The number of carboxylic acids is 1. The van der Waals surface area contributed by atoms with E-state index in [9.17, 15) is 14.4 Å². The number of rotatable bonds is 6. The molecule has 26 heavy (non-hydrogen) atoms. The Bertz CT molecular complexity index is 779. The molecule has 1 aliphatic heterocycles. The fourth-order valence-corrected chi connectivity index (χ4v) is 2.82. The second kappa shape index (κ2) is 8.85. The van der Waals surface area contributed by atoms with Crippen molar-refractivity contribution in [2.24, 2.45) is 10.2 Å². The summed E-state index contributed by atoms with van der Waals surface area (Å²) in [5, 5.41) is 18.3. The lowest BCUT2D eigenvalue weighted by molar-refractivity contribution is -0.138. The highest BCUT2D eigenvalue weighted by Gasteiger charge is 2.32. The van der Waals surface area contributed by atoms with Crippen molar-refractivity contribution in [2.75, 3.05) is 14.2 Å². The number of nitrogens with zero attached hydrogens (tertiary/aromatic N) is 2. The van der Waals surface area contributed by atoms with E-state index in [1.165, 1.54) is 32.6 Å². The molecule has 1 saturated heterocycles. The Kier molecular flexibility index (Phi) is 6.55. The summed E-state index contributed by atoms with van der Waals surface area (Å²) in [6, 6.07) is 4.58. The van der Waals surface area contributed by atoms with Crippen LogP contribution >= 0.6 is 11.8 Å². The van der Waals surface area contributed by atoms with Crippen molar-refractivity contribution in [1.82, 2.24) is 5.32 Å². The van der Waals surface area contributed by atoms with Crippen LogP contribution < -0.4 is 14.8 Å². The molecule has 1 atom stereocenters. The van der Waals surface area contributed by atoms with E-state index in [0.29, 0.717) is 11.3 Å². The number of hydrogen-bond donors (Lipinski definition) is 2. The minimum Gasteiger partial charge on any atom is -0.496 e. The van der Waals surface area contributed by atoms with Gasteiger partial charge < -0.3 is 24.6 Å². The van der Waals surface area contributed by atoms with Gasteiger partial charge in [0.25, 0.3) is 0 Å². The van der Waals surface area contributed by atoms with Crippen LogP contribution in [-0.2, 0) is 14.3 Å². The van der Waals surface area contributed by atoms with Gasteiger partial charge in [-0.3, -0.25) is 9.59 Å². The van der Waals surface area contributed by atoms with Crippen LogP contribution in [0.3, 0.4) is 0 Å². The lowest BCUT2D eigenvalue weighted by Gasteiger charge is -2.07. The molecule has 1 amide bonds. The summed E-state index contributed by atoms with van der Waals surface area (Å²) in [4.78, 5) is 33.5. The van der Waals surface area contributed by atoms with Crippen LogP contribution in [0.25, 0.3) is 0 Å². The summed E-state index contributed by atoms with van der Waals surface area (Å²) in [5.41, 5.74) is 0.467. The maximum atomic E-state index is 11.6. The van der Waals surface area contributed by atoms with E-state index in [0.717, 1.165) is 11.8 Å². The summed E-state index contributed by atoms with van der Waals surface area (Å²) in [5.74, 6) is -0.832. The number of methoxy groups -OCH3 is 2. The third-order valence-corrected chi connectivity index (χ3v) is 4.12. The third kappa shape index (κ3) is 5.21. The molecule has 0 aromatic heterocycles. The molecule has 0 aliphatic carbocycles. The lowest BCUT2D eigenvalue weighted by atomic mass is 10.2. The topological polar surface area (TPSA) is 136 Å². The molecule has 11 heteroatoms. The fourth-order valence-electron chi connectivity index (χ4n) is 1.90. The highest BCUT2D eigenvalue weighted by atomic mass is 32.2. The van der Waals surface area contributed by atoms with Gasteiger partial charge in [-0.2, -0.15) is 5.10 Å². The molecular formula is C15H15N3O7S. The monoisotopic (exact) mass is 381 g/mol. The van der Waals surface area contributed by atoms with Gasteiger partial charge in [0.15, 0.2) is 5.17 Å². The van der Waals surface area contributed by atoms with Crippen molar-refractivity contribution < 1.29 is 33.7 Å². The molecular weight excluding hydrogens is 366 g/mol. The summed E-state index contributed by atoms with van der Waals surface area (Å²) >= 11 is 0.984. The van der Waals surface area contributed by atoms with Crippen molar-refractivity contribution in [3.63, 3.8) is 0 Å². The molecule has 2 rings (SSSR count). The zero-order chi connectivity index (χ0) is 19.1. The Hall–Kier alpha value is -3.08. The normalized spacial score (nSPS) is 18.0. The first-order valence-electron chi connectivity index (χ1n) is 7.17. The van der Waals surface area contributed by atoms with Crippen LogP contribution in [0, 0.1) is 0 Å². The molecule has 0 bridgehead atoms. The number of amides is 1. The maximum absolute atomic E-state index is 11.6. The van der Waals surface area contributed by atoms with Gasteiger partial charge in [0.1, 0.15) is 16.7 Å². The predicted molar refractivity (Wildman–Crippen MR) is 92.8 cm³/mol. The van der Waals surface area contributed by atoms with E-state index >= 15 is 0 Å². The van der Waals surface area contributed by atoms with Crippen LogP contribution in [0.4, 0.5) is 4.79 Å². The van der Waals surface area contributed by atoms with Crippen molar-refractivity contribution in [2.45, 2.75) is 11.7 Å². The lowest BCUT2D eigenvalue weighted by Crippen LogP contribution is -2.26.